The van der Waals surface area contributed by atoms with Crippen LogP contribution in [0, 0.1) is 0 Å². The third-order valence-corrected chi connectivity index (χ3v) is 5.05. The van der Waals surface area contributed by atoms with Crippen molar-refractivity contribution in [2.45, 2.75) is 25.3 Å². The summed E-state index contributed by atoms with van der Waals surface area (Å²) < 4.78 is 26.2. The van der Waals surface area contributed by atoms with Crippen molar-refractivity contribution in [3.05, 3.63) is 59.7 Å². The molecule has 0 heterocycles. The van der Waals surface area contributed by atoms with Gasteiger partial charge in [0.05, 0.1) is 4.90 Å². The van der Waals surface area contributed by atoms with Crippen molar-refractivity contribution in [3.8, 4) is 0 Å². The van der Waals surface area contributed by atoms with Crippen molar-refractivity contribution >= 4 is 27.5 Å². The third kappa shape index (κ3) is 5.40. The Morgan fingerprint density at radius 2 is 1.58 bits per heavy atom. The summed E-state index contributed by atoms with van der Waals surface area (Å²) in [5, 5.41) is 5.44. The zero-order chi connectivity index (χ0) is 19.2. The topological polar surface area (TPSA) is 104 Å². The lowest BCUT2D eigenvalue weighted by atomic mass is 10.2. The van der Waals surface area contributed by atoms with Crippen molar-refractivity contribution in [2.24, 2.45) is 0 Å². The SMILES string of the molecule is CCNS(=O)(=O)c1ccc(C(=O)NCc2ccc(NC(C)=O)cc2)cc1. The molecular formula is C18H21N3O4S. The largest absolute Gasteiger partial charge is 0.348 e. The van der Waals surface area contributed by atoms with Crippen molar-refractivity contribution in [1.82, 2.24) is 10.0 Å². The molecule has 0 unspecified atom stereocenters. The van der Waals surface area contributed by atoms with E-state index in [1.54, 1.807) is 31.2 Å². The highest BCUT2D eigenvalue weighted by Gasteiger charge is 2.13. The molecule has 2 rings (SSSR count). The van der Waals surface area contributed by atoms with Crippen LogP contribution in [0.4, 0.5) is 5.69 Å². The number of carbonyl (C=O) groups is 2. The summed E-state index contributed by atoms with van der Waals surface area (Å²) in [5.74, 6) is -0.450. The van der Waals surface area contributed by atoms with Crippen LogP contribution in [0.5, 0.6) is 0 Å². The maximum absolute atomic E-state index is 12.2. The molecular weight excluding hydrogens is 354 g/mol. The molecule has 2 aromatic rings. The predicted octanol–water partition coefficient (Wildman–Crippen LogP) is 1.87. The molecule has 0 saturated carbocycles. The maximum atomic E-state index is 12.2. The lowest BCUT2D eigenvalue weighted by Crippen LogP contribution is -2.24. The molecule has 8 heteroatoms. The molecule has 26 heavy (non-hydrogen) atoms. The molecule has 0 saturated heterocycles. The van der Waals surface area contributed by atoms with E-state index in [-0.39, 0.29) is 16.7 Å². The number of sulfonamides is 1. The molecule has 0 aromatic heterocycles. The fourth-order valence-electron chi connectivity index (χ4n) is 2.25. The van der Waals surface area contributed by atoms with E-state index in [2.05, 4.69) is 15.4 Å². The smallest absolute Gasteiger partial charge is 0.251 e. The van der Waals surface area contributed by atoms with Gasteiger partial charge in [0.15, 0.2) is 0 Å². The van der Waals surface area contributed by atoms with Crippen molar-refractivity contribution < 1.29 is 18.0 Å². The van der Waals surface area contributed by atoms with Gasteiger partial charge in [-0.05, 0) is 42.0 Å². The second kappa shape index (κ2) is 8.59. The van der Waals surface area contributed by atoms with Crippen LogP contribution in [0.1, 0.15) is 29.8 Å². The summed E-state index contributed by atoms with van der Waals surface area (Å²) in [6.07, 6.45) is 0. The average Bonchev–Trinajstić information content (AvgIpc) is 2.60. The Balaban J connectivity index is 1.96. The van der Waals surface area contributed by atoms with Crippen LogP contribution in [-0.4, -0.2) is 26.8 Å². The molecule has 0 atom stereocenters. The normalized spacial score (nSPS) is 11.0. The van der Waals surface area contributed by atoms with E-state index in [9.17, 15) is 18.0 Å². The van der Waals surface area contributed by atoms with Crippen molar-refractivity contribution in [3.63, 3.8) is 0 Å². The minimum absolute atomic E-state index is 0.115. The summed E-state index contributed by atoms with van der Waals surface area (Å²) in [7, 11) is -3.53. The molecule has 3 N–H and O–H groups in total. The van der Waals surface area contributed by atoms with Crippen LogP contribution in [0.25, 0.3) is 0 Å². The van der Waals surface area contributed by atoms with E-state index in [4.69, 9.17) is 0 Å². The van der Waals surface area contributed by atoms with Gasteiger partial charge < -0.3 is 10.6 Å². The van der Waals surface area contributed by atoms with Crippen LogP contribution >= 0.6 is 0 Å². The van der Waals surface area contributed by atoms with Gasteiger partial charge in [-0.25, -0.2) is 13.1 Å². The van der Waals surface area contributed by atoms with Gasteiger partial charge in [0.1, 0.15) is 0 Å². The first-order valence-electron chi connectivity index (χ1n) is 8.06. The van der Waals surface area contributed by atoms with E-state index in [1.807, 2.05) is 0 Å². The van der Waals surface area contributed by atoms with Crippen LogP contribution in [-0.2, 0) is 21.4 Å². The summed E-state index contributed by atoms with van der Waals surface area (Å²) >= 11 is 0. The number of amides is 2. The zero-order valence-corrected chi connectivity index (χ0v) is 15.4. The van der Waals surface area contributed by atoms with E-state index in [0.717, 1.165) is 5.56 Å². The maximum Gasteiger partial charge on any atom is 0.251 e. The highest BCUT2D eigenvalue weighted by molar-refractivity contribution is 7.89. The minimum atomic E-state index is -3.53. The van der Waals surface area contributed by atoms with E-state index in [0.29, 0.717) is 24.3 Å². The molecule has 7 nitrogen and oxygen atoms in total. The quantitative estimate of drug-likeness (QED) is 0.687. The number of hydrogen-bond donors (Lipinski definition) is 3. The first-order valence-corrected chi connectivity index (χ1v) is 9.54. The molecule has 2 aromatic carbocycles. The van der Waals surface area contributed by atoms with E-state index >= 15 is 0 Å². The molecule has 0 aliphatic carbocycles. The number of nitrogens with one attached hydrogen (secondary N) is 3. The van der Waals surface area contributed by atoms with Gasteiger partial charge in [0, 0.05) is 31.3 Å². The number of anilines is 1. The predicted molar refractivity (Wildman–Crippen MR) is 99.2 cm³/mol. The Hall–Kier alpha value is -2.71. The number of benzene rings is 2. The fraction of sp³-hybridized carbons (Fsp3) is 0.222. The second-order valence-electron chi connectivity index (χ2n) is 5.59. The minimum Gasteiger partial charge on any atom is -0.348 e. The average molecular weight is 375 g/mol. The highest BCUT2D eigenvalue weighted by atomic mass is 32.2. The Kier molecular flexibility index (Phi) is 6.48. The van der Waals surface area contributed by atoms with Crippen LogP contribution in [0.3, 0.4) is 0 Å². The molecule has 0 spiro atoms. The fourth-order valence-corrected chi connectivity index (χ4v) is 3.29. The summed E-state index contributed by atoms with van der Waals surface area (Å²) in [5.41, 5.74) is 1.93. The lowest BCUT2D eigenvalue weighted by molar-refractivity contribution is -0.114. The van der Waals surface area contributed by atoms with Gasteiger partial charge in [0.25, 0.3) is 5.91 Å². The van der Waals surface area contributed by atoms with Gasteiger partial charge in [-0.15, -0.1) is 0 Å². The second-order valence-corrected chi connectivity index (χ2v) is 7.35. The Morgan fingerprint density at radius 1 is 0.962 bits per heavy atom. The Bertz CT molecular complexity index is 876. The Labute approximate surface area is 152 Å². The first-order chi connectivity index (χ1) is 12.3. The molecule has 0 radical (unpaired) electrons. The highest BCUT2D eigenvalue weighted by Crippen LogP contribution is 2.12. The Morgan fingerprint density at radius 3 is 2.12 bits per heavy atom. The number of carbonyl (C=O) groups excluding carboxylic acids is 2. The summed E-state index contributed by atoms with van der Waals surface area (Å²) in [6, 6.07) is 12.9. The van der Waals surface area contributed by atoms with E-state index in [1.165, 1.54) is 31.2 Å². The third-order valence-electron chi connectivity index (χ3n) is 3.49. The van der Waals surface area contributed by atoms with Gasteiger partial charge in [-0.3, -0.25) is 9.59 Å². The summed E-state index contributed by atoms with van der Waals surface area (Å²) in [4.78, 5) is 23.3. The van der Waals surface area contributed by atoms with E-state index < -0.39 is 10.0 Å². The molecule has 0 aliphatic rings. The van der Waals surface area contributed by atoms with Crippen molar-refractivity contribution in [1.29, 1.82) is 0 Å². The molecule has 0 fully saturated rings. The molecule has 0 aliphatic heterocycles. The van der Waals surface area contributed by atoms with Gasteiger partial charge in [0.2, 0.25) is 15.9 Å². The zero-order valence-electron chi connectivity index (χ0n) is 14.6. The van der Waals surface area contributed by atoms with Crippen molar-refractivity contribution in [2.75, 3.05) is 11.9 Å². The molecule has 0 bridgehead atoms. The standard InChI is InChI=1S/C18H21N3O4S/c1-3-20-26(24,25)17-10-6-15(7-11-17)18(23)19-12-14-4-8-16(9-5-14)21-13(2)22/h4-11,20H,3,12H2,1-2H3,(H,19,23)(H,21,22). The monoisotopic (exact) mass is 375 g/mol. The van der Waals surface area contributed by atoms with Gasteiger partial charge >= 0.3 is 0 Å². The van der Waals surface area contributed by atoms with Gasteiger partial charge in [-0.1, -0.05) is 19.1 Å². The van der Waals surface area contributed by atoms with Crippen LogP contribution in [0.2, 0.25) is 0 Å². The summed E-state index contributed by atoms with van der Waals surface area (Å²) in [6.45, 7) is 3.74. The molecule has 2 amide bonds. The number of hydrogen-bond acceptors (Lipinski definition) is 4. The van der Waals surface area contributed by atoms with Gasteiger partial charge in [-0.2, -0.15) is 0 Å². The molecule has 138 valence electrons. The first kappa shape index (κ1) is 19.6. The lowest BCUT2D eigenvalue weighted by Gasteiger charge is -2.08. The van der Waals surface area contributed by atoms with Crippen LogP contribution < -0.4 is 15.4 Å². The number of rotatable bonds is 7. The van der Waals surface area contributed by atoms with Crippen LogP contribution in [0.15, 0.2) is 53.4 Å².